The number of amides is 1. The van der Waals surface area contributed by atoms with Crippen LogP contribution in [0.4, 0.5) is 0 Å². The number of carbonyl (C=O) groups excluding carboxylic acids is 1. The van der Waals surface area contributed by atoms with E-state index in [0.717, 1.165) is 0 Å². The van der Waals surface area contributed by atoms with Crippen molar-refractivity contribution in [2.24, 2.45) is 5.10 Å². The van der Waals surface area contributed by atoms with E-state index in [-0.39, 0.29) is 28.7 Å². The van der Waals surface area contributed by atoms with E-state index in [0.29, 0.717) is 11.1 Å². The van der Waals surface area contributed by atoms with Crippen LogP contribution in [-0.4, -0.2) is 17.2 Å². The van der Waals surface area contributed by atoms with E-state index in [1.54, 1.807) is 48.5 Å². The number of nitrogens with zero attached hydrogens (tertiary/aromatic N) is 1. The quantitative estimate of drug-likeness (QED) is 0.518. The van der Waals surface area contributed by atoms with Gasteiger partial charge in [-0.1, -0.05) is 30.3 Å². The van der Waals surface area contributed by atoms with Gasteiger partial charge in [-0.3, -0.25) is 4.79 Å². The van der Waals surface area contributed by atoms with E-state index < -0.39 is 0 Å². The first-order valence-electron chi connectivity index (χ1n) is 5.44. The number of para-hydroxylation sites is 1. The number of hydrazone groups is 1. The van der Waals surface area contributed by atoms with Gasteiger partial charge < -0.3 is 5.11 Å². The Labute approximate surface area is 121 Å². The molecule has 2 aromatic carbocycles. The monoisotopic (exact) mass is 303 g/mol. The fourth-order valence-electron chi connectivity index (χ4n) is 1.41. The van der Waals surface area contributed by atoms with Crippen LogP contribution in [0.3, 0.4) is 0 Å². The van der Waals surface area contributed by atoms with Gasteiger partial charge in [-0.15, -0.1) is 0 Å². The number of benzene rings is 2. The number of hydrogen-bond donors (Lipinski definition) is 2. The van der Waals surface area contributed by atoms with Crippen LogP contribution in [0.2, 0.25) is 0 Å². The van der Waals surface area contributed by atoms with E-state index in [9.17, 15) is 9.90 Å². The van der Waals surface area contributed by atoms with Crippen molar-refractivity contribution in [3.63, 3.8) is 0 Å². The Morgan fingerprint density at radius 2 is 1.68 bits per heavy atom. The SMILES string of the molecule is O=C(N/N=C/c1ccccc1O)c1ccccc1.[Cu+2]. The van der Waals surface area contributed by atoms with E-state index in [1.807, 2.05) is 6.07 Å². The summed E-state index contributed by atoms with van der Waals surface area (Å²) in [6.45, 7) is 0. The summed E-state index contributed by atoms with van der Waals surface area (Å²) in [6, 6.07) is 15.5. The Hall–Kier alpha value is -2.10. The van der Waals surface area contributed by atoms with E-state index in [4.69, 9.17) is 0 Å². The number of nitrogens with one attached hydrogen (secondary N) is 1. The van der Waals surface area contributed by atoms with Crippen molar-refractivity contribution in [2.45, 2.75) is 0 Å². The number of rotatable bonds is 3. The van der Waals surface area contributed by atoms with E-state index in [1.165, 1.54) is 6.21 Å². The van der Waals surface area contributed by atoms with Crippen molar-refractivity contribution in [2.75, 3.05) is 0 Å². The molecule has 2 N–H and O–H groups in total. The van der Waals surface area contributed by atoms with Gasteiger partial charge >= 0.3 is 17.1 Å². The van der Waals surface area contributed by atoms with Crippen molar-refractivity contribution in [3.05, 3.63) is 65.7 Å². The molecular weight excluding hydrogens is 292 g/mol. The van der Waals surface area contributed by atoms with Gasteiger partial charge in [-0.2, -0.15) is 5.10 Å². The molecule has 0 bridgehead atoms. The smallest absolute Gasteiger partial charge is 0.507 e. The van der Waals surface area contributed by atoms with E-state index >= 15 is 0 Å². The number of aromatic hydroxyl groups is 1. The molecule has 0 unspecified atom stereocenters. The Morgan fingerprint density at radius 3 is 2.37 bits per heavy atom. The second kappa shape index (κ2) is 7.36. The molecule has 0 aliphatic rings. The van der Waals surface area contributed by atoms with Crippen LogP contribution in [0, 0.1) is 0 Å². The molecule has 0 aliphatic heterocycles. The van der Waals surface area contributed by atoms with Crippen LogP contribution in [0.5, 0.6) is 5.75 Å². The molecule has 1 amide bonds. The summed E-state index contributed by atoms with van der Waals surface area (Å²) < 4.78 is 0. The number of phenolic OH excluding ortho intramolecular Hbond substituents is 1. The molecule has 99 valence electrons. The normalized spacial score (nSPS) is 9.89. The molecule has 0 atom stereocenters. The molecule has 0 saturated carbocycles. The fraction of sp³-hybridized carbons (Fsp3) is 0. The minimum absolute atomic E-state index is 0. The van der Waals surface area contributed by atoms with Gasteiger partial charge in [0.1, 0.15) is 5.75 Å². The zero-order chi connectivity index (χ0) is 12.8. The van der Waals surface area contributed by atoms with Crippen LogP contribution in [0.15, 0.2) is 59.7 Å². The Morgan fingerprint density at radius 1 is 1.05 bits per heavy atom. The summed E-state index contributed by atoms with van der Waals surface area (Å²) in [5.41, 5.74) is 3.48. The minimum atomic E-state index is -0.290. The third kappa shape index (κ3) is 4.25. The van der Waals surface area contributed by atoms with Gasteiger partial charge in [0.2, 0.25) is 0 Å². The maximum atomic E-state index is 11.6. The summed E-state index contributed by atoms with van der Waals surface area (Å²) in [5.74, 6) is -0.169. The number of carbonyl (C=O) groups is 1. The molecule has 0 aliphatic carbocycles. The Balaban J connectivity index is 0.00000180. The van der Waals surface area contributed by atoms with Gasteiger partial charge in [0.25, 0.3) is 5.91 Å². The van der Waals surface area contributed by atoms with Gasteiger partial charge in [0.15, 0.2) is 0 Å². The van der Waals surface area contributed by atoms with Crippen LogP contribution < -0.4 is 5.43 Å². The summed E-state index contributed by atoms with van der Waals surface area (Å²) >= 11 is 0. The number of hydrogen-bond acceptors (Lipinski definition) is 3. The van der Waals surface area contributed by atoms with Gasteiger partial charge in [0, 0.05) is 11.1 Å². The van der Waals surface area contributed by atoms with Crippen molar-refractivity contribution < 1.29 is 27.0 Å². The zero-order valence-corrected chi connectivity index (χ0v) is 10.8. The van der Waals surface area contributed by atoms with Crippen molar-refractivity contribution in [1.82, 2.24) is 5.43 Å². The number of phenols is 1. The summed E-state index contributed by atoms with van der Waals surface area (Å²) in [5, 5.41) is 13.3. The topological polar surface area (TPSA) is 61.7 Å². The molecule has 4 nitrogen and oxygen atoms in total. The largest absolute Gasteiger partial charge is 2.00 e. The molecule has 5 heteroatoms. The molecular formula is C14H12CuN2O2+2. The molecule has 0 aromatic heterocycles. The van der Waals surface area contributed by atoms with Gasteiger partial charge in [0.05, 0.1) is 6.21 Å². The zero-order valence-electron chi connectivity index (χ0n) is 9.88. The van der Waals surface area contributed by atoms with Gasteiger partial charge in [-0.05, 0) is 24.3 Å². The summed E-state index contributed by atoms with van der Waals surface area (Å²) in [6.07, 6.45) is 1.40. The molecule has 0 saturated heterocycles. The molecule has 0 heterocycles. The summed E-state index contributed by atoms with van der Waals surface area (Å²) in [4.78, 5) is 11.6. The van der Waals surface area contributed by atoms with Crippen LogP contribution in [0.25, 0.3) is 0 Å². The van der Waals surface area contributed by atoms with Crippen molar-refractivity contribution in [1.29, 1.82) is 0 Å². The molecule has 0 fully saturated rings. The second-order valence-electron chi connectivity index (χ2n) is 3.62. The third-order valence-electron chi connectivity index (χ3n) is 2.34. The fourth-order valence-corrected chi connectivity index (χ4v) is 1.41. The predicted octanol–water partition coefficient (Wildman–Crippen LogP) is 2.15. The average molecular weight is 304 g/mol. The molecule has 2 aromatic rings. The van der Waals surface area contributed by atoms with Gasteiger partial charge in [-0.25, -0.2) is 5.43 Å². The maximum absolute atomic E-state index is 11.6. The van der Waals surface area contributed by atoms with Crippen LogP contribution in [-0.2, 0) is 17.1 Å². The van der Waals surface area contributed by atoms with Crippen LogP contribution >= 0.6 is 0 Å². The first-order valence-corrected chi connectivity index (χ1v) is 5.44. The third-order valence-corrected chi connectivity index (χ3v) is 2.34. The minimum Gasteiger partial charge on any atom is -0.507 e. The predicted molar refractivity (Wildman–Crippen MR) is 69.6 cm³/mol. The first kappa shape index (κ1) is 15.0. The summed E-state index contributed by atoms with van der Waals surface area (Å²) in [7, 11) is 0. The average Bonchev–Trinajstić information content (AvgIpc) is 2.42. The first-order chi connectivity index (χ1) is 8.77. The van der Waals surface area contributed by atoms with Crippen molar-refractivity contribution in [3.8, 4) is 5.75 Å². The second-order valence-corrected chi connectivity index (χ2v) is 3.62. The standard InChI is InChI=1S/C14H12N2O2.Cu/c17-13-9-5-4-8-12(13)10-15-16-14(18)11-6-2-1-3-7-11;/h1-10,17H,(H,16,18);/q;+2/b15-10+;. The van der Waals surface area contributed by atoms with Crippen molar-refractivity contribution >= 4 is 12.1 Å². The van der Waals surface area contributed by atoms with E-state index in [2.05, 4.69) is 10.5 Å². The molecule has 2 rings (SSSR count). The molecule has 1 radical (unpaired) electrons. The molecule has 19 heavy (non-hydrogen) atoms. The Bertz CT molecular complexity index is 571. The van der Waals surface area contributed by atoms with Crippen LogP contribution in [0.1, 0.15) is 15.9 Å². The maximum Gasteiger partial charge on any atom is 2.00 e. The molecule has 0 spiro atoms. The Kier molecular flexibility index (Phi) is 5.79.